The zero-order valence-electron chi connectivity index (χ0n) is 10.2. The Kier molecular flexibility index (Phi) is 7.70. The minimum Gasteiger partial charge on any atom is -0.368 e. The molecule has 1 atom stereocenters. The summed E-state index contributed by atoms with van der Waals surface area (Å²) in [5.74, 6) is -1.27. The van der Waals surface area contributed by atoms with Crippen LogP contribution < -0.4 is 21.7 Å². The summed E-state index contributed by atoms with van der Waals surface area (Å²) in [6.45, 7) is 1.82. The van der Waals surface area contributed by atoms with Crippen molar-refractivity contribution in [1.29, 1.82) is 0 Å². The molecule has 0 aromatic carbocycles. The van der Waals surface area contributed by atoms with Crippen LogP contribution >= 0.6 is 0 Å². The van der Waals surface area contributed by atoms with E-state index in [1.807, 2.05) is 6.92 Å². The zero-order chi connectivity index (χ0) is 13.3. The molecule has 17 heavy (non-hydrogen) atoms. The Hall–Kier alpha value is -1.63. The van der Waals surface area contributed by atoms with E-state index < -0.39 is 17.9 Å². The van der Waals surface area contributed by atoms with Gasteiger partial charge >= 0.3 is 0 Å². The lowest BCUT2D eigenvalue weighted by Crippen LogP contribution is -2.50. The van der Waals surface area contributed by atoms with E-state index in [2.05, 4.69) is 16.0 Å². The quantitative estimate of drug-likeness (QED) is 0.399. The number of nitrogens with two attached hydrogens (primary N) is 1. The van der Waals surface area contributed by atoms with Crippen LogP contribution in [0.4, 0.5) is 0 Å². The minimum absolute atomic E-state index is 0.142. The van der Waals surface area contributed by atoms with E-state index in [4.69, 9.17) is 5.73 Å². The molecular weight excluding hydrogens is 224 g/mol. The fraction of sp³-hybridized carbons (Fsp3) is 0.700. The second kappa shape index (κ2) is 8.51. The van der Waals surface area contributed by atoms with Gasteiger partial charge in [-0.15, -0.1) is 0 Å². The van der Waals surface area contributed by atoms with E-state index in [1.54, 1.807) is 7.05 Å². The number of nitrogens with one attached hydrogen (secondary N) is 3. The van der Waals surface area contributed by atoms with Crippen molar-refractivity contribution in [3.63, 3.8) is 0 Å². The number of amides is 3. The molecule has 0 aliphatic heterocycles. The number of rotatable bonds is 8. The van der Waals surface area contributed by atoms with Crippen molar-refractivity contribution in [1.82, 2.24) is 16.0 Å². The van der Waals surface area contributed by atoms with Crippen LogP contribution in [0.2, 0.25) is 0 Å². The predicted molar refractivity (Wildman–Crippen MR) is 63.0 cm³/mol. The van der Waals surface area contributed by atoms with Crippen LogP contribution in [0.25, 0.3) is 0 Å². The standard InChI is InChI=1S/C10H20N4O3/c1-3-4-7(14-9(16)6-12-2)10(17)13-5-8(11)15/h7,12H,3-6H2,1-2H3,(H2,11,15)(H,13,17)(H,14,16)/t7-/m0/s1. The summed E-state index contributed by atoms with van der Waals surface area (Å²) < 4.78 is 0. The average molecular weight is 244 g/mol. The molecule has 0 saturated carbocycles. The summed E-state index contributed by atoms with van der Waals surface area (Å²) in [5, 5.41) is 7.63. The highest BCUT2D eigenvalue weighted by Gasteiger charge is 2.19. The molecule has 5 N–H and O–H groups in total. The molecular formula is C10H20N4O3. The maximum absolute atomic E-state index is 11.6. The lowest BCUT2D eigenvalue weighted by atomic mass is 10.1. The molecule has 7 heteroatoms. The molecule has 0 aromatic rings. The summed E-state index contributed by atoms with van der Waals surface area (Å²) >= 11 is 0. The minimum atomic E-state index is -0.625. The first-order chi connectivity index (χ1) is 8.01. The third-order valence-electron chi connectivity index (χ3n) is 2.00. The predicted octanol–water partition coefficient (Wildman–Crippen LogP) is -1.91. The van der Waals surface area contributed by atoms with Crippen molar-refractivity contribution in [2.45, 2.75) is 25.8 Å². The van der Waals surface area contributed by atoms with E-state index in [9.17, 15) is 14.4 Å². The van der Waals surface area contributed by atoms with E-state index in [1.165, 1.54) is 0 Å². The Bertz CT molecular complexity index is 281. The van der Waals surface area contributed by atoms with Crippen molar-refractivity contribution in [3.8, 4) is 0 Å². The van der Waals surface area contributed by atoms with Gasteiger partial charge in [0.25, 0.3) is 0 Å². The lowest BCUT2D eigenvalue weighted by molar-refractivity contribution is -0.129. The topological polar surface area (TPSA) is 113 Å². The van der Waals surface area contributed by atoms with Gasteiger partial charge in [0, 0.05) is 0 Å². The first kappa shape index (κ1) is 15.4. The second-order valence-electron chi connectivity index (χ2n) is 3.62. The molecule has 0 unspecified atom stereocenters. The largest absolute Gasteiger partial charge is 0.368 e. The maximum atomic E-state index is 11.6. The molecule has 0 radical (unpaired) electrons. The van der Waals surface area contributed by atoms with Gasteiger partial charge in [-0.25, -0.2) is 0 Å². The van der Waals surface area contributed by atoms with Crippen LogP contribution in [0.1, 0.15) is 19.8 Å². The fourth-order valence-electron chi connectivity index (χ4n) is 1.26. The molecule has 0 saturated heterocycles. The van der Waals surface area contributed by atoms with Crippen LogP contribution in [0.5, 0.6) is 0 Å². The monoisotopic (exact) mass is 244 g/mol. The van der Waals surface area contributed by atoms with Gasteiger partial charge in [-0.1, -0.05) is 13.3 Å². The molecule has 0 bridgehead atoms. The zero-order valence-corrected chi connectivity index (χ0v) is 10.2. The third-order valence-corrected chi connectivity index (χ3v) is 2.00. The average Bonchev–Trinajstić information content (AvgIpc) is 2.25. The summed E-state index contributed by atoms with van der Waals surface area (Å²) in [4.78, 5) is 33.5. The molecule has 0 spiro atoms. The van der Waals surface area contributed by atoms with Crippen LogP contribution in [0.3, 0.4) is 0 Å². The van der Waals surface area contributed by atoms with Gasteiger partial charge in [0.1, 0.15) is 6.04 Å². The van der Waals surface area contributed by atoms with E-state index in [-0.39, 0.29) is 19.0 Å². The number of primary amides is 1. The van der Waals surface area contributed by atoms with E-state index >= 15 is 0 Å². The Morgan fingerprint density at radius 3 is 2.35 bits per heavy atom. The van der Waals surface area contributed by atoms with Gasteiger partial charge in [0.2, 0.25) is 17.7 Å². The molecule has 0 rings (SSSR count). The normalized spacial score (nSPS) is 11.6. The van der Waals surface area contributed by atoms with Crippen LogP contribution in [-0.2, 0) is 14.4 Å². The first-order valence-electron chi connectivity index (χ1n) is 5.51. The summed E-state index contributed by atoms with van der Waals surface area (Å²) in [6.07, 6.45) is 1.26. The smallest absolute Gasteiger partial charge is 0.243 e. The number of hydrogen-bond donors (Lipinski definition) is 4. The van der Waals surface area contributed by atoms with Crippen molar-refractivity contribution in [2.24, 2.45) is 5.73 Å². The first-order valence-corrected chi connectivity index (χ1v) is 5.51. The van der Waals surface area contributed by atoms with Gasteiger partial charge < -0.3 is 21.7 Å². The molecule has 3 amide bonds. The molecule has 0 aliphatic carbocycles. The summed E-state index contributed by atoms with van der Waals surface area (Å²) in [7, 11) is 1.64. The third kappa shape index (κ3) is 7.29. The number of carbonyl (C=O) groups excluding carboxylic acids is 3. The van der Waals surface area contributed by atoms with Gasteiger partial charge in [-0.2, -0.15) is 0 Å². The van der Waals surface area contributed by atoms with Gasteiger partial charge in [-0.3, -0.25) is 14.4 Å². The van der Waals surface area contributed by atoms with Crippen molar-refractivity contribution in [3.05, 3.63) is 0 Å². The summed E-state index contributed by atoms with van der Waals surface area (Å²) in [6, 6.07) is -0.625. The van der Waals surface area contributed by atoms with Gasteiger partial charge in [0.05, 0.1) is 13.1 Å². The second-order valence-corrected chi connectivity index (χ2v) is 3.62. The van der Waals surface area contributed by atoms with E-state index in [0.29, 0.717) is 6.42 Å². The maximum Gasteiger partial charge on any atom is 0.243 e. The molecule has 0 heterocycles. The Labute approximate surface area is 100 Å². The van der Waals surface area contributed by atoms with Crippen LogP contribution in [-0.4, -0.2) is 43.9 Å². The van der Waals surface area contributed by atoms with Crippen molar-refractivity contribution in [2.75, 3.05) is 20.1 Å². The Morgan fingerprint density at radius 2 is 1.88 bits per heavy atom. The fourth-order valence-corrected chi connectivity index (χ4v) is 1.26. The number of hydrogen-bond acceptors (Lipinski definition) is 4. The summed E-state index contributed by atoms with van der Waals surface area (Å²) in [5.41, 5.74) is 4.91. The van der Waals surface area contributed by atoms with Crippen LogP contribution in [0.15, 0.2) is 0 Å². The Morgan fingerprint density at radius 1 is 1.24 bits per heavy atom. The van der Waals surface area contributed by atoms with Crippen molar-refractivity contribution >= 4 is 17.7 Å². The molecule has 0 fully saturated rings. The van der Waals surface area contributed by atoms with Crippen LogP contribution in [0, 0.1) is 0 Å². The Balaban J connectivity index is 4.24. The molecule has 98 valence electrons. The number of carbonyl (C=O) groups is 3. The van der Waals surface area contributed by atoms with E-state index in [0.717, 1.165) is 6.42 Å². The highest BCUT2D eigenvalue weighted by atomic mass is 16.2. The van der Waals surface area contributed by atoms with Gasteiger partial charge in [0.15, 0.2) is 0 Å². The SMILES string of the molecule is CCC[C@H](NC(=O)CNC)C(=O)NCC(N)=O. The molecule has 0 aliphatic rings. The van der Waals surface area contributed by atoms with Crippen molar-refractivity contribution < 1.29 is 14.4 Å². The highest BCUT2D eigenvalue weighted by Crippen LogP contribution is 1.96. The molecule has 7 nitrogen and oxygen atoms in total. The highest BCUT2D eigenvalue weighted by molar-refractivity contribution is 5.90. The van der Waals surface area contributed by atoms with Gasteiger partial charge in [-0.05, 0) is 13.5 Å². The number of likely N-dealkylation sites (N-methyl/N-ethyl adjacent to an activating group) is 1. The molecule has 0 aromatic heterocycles. The lowest BCUT2D eigenvalue weighted by Gasteiger charge is -2.17.